The highest BCUT2D eigenvalue weighted by Gasteiger charge is 2.15. The standard InChI is InChI=1S/C17H16BrN3O3/c1-21(2)14-5-3-11(7-13(14)18)9-19-20-17(22)12-4-6-15-16(8-12)24-10-23-15/h3-9H,10H2,1-2H3,(H,20,22)/b19-9+. The van der Waals surface area contributed by atoms with Gasteiger partial charge in [0.05, 0.1) is 11.9 Å². The fraction of sp³-hybridized carbons (Fsp3) is 0.176. The normalized spacial score (nSPS) is 12.5. The van der Waals surface area contributed by atoms with Crippen molar-refractivity contribution in [3.05, 3.63) is 52.0 Å². The van der Waals surface area contributed by atoms with Crippen LogP contribution in [0.2, 0.25) is 0 Å². The predicted molar refractivity (Wildman–Crippen MR) is 96.1 cm³/mol. The Morgan fingerprint density at radius 2 is 2.00 bits per heavy atom. The maximum atomic E-state index is 12.1. The third-order valence-corrected chi connectivity index (χ3v) is 4.10. The van der Waals surface area contributed by atoms with E-state index in [1.807, 2.05) is 37.2 Å². The largest absolute Gasteiger partial charge is 0.454 e. The summed E-state index contributed by atoms with van der Waals surface area (Å²) in [4.78, 5) is 14.1. The molecule has 1 aliphatic rings. The highest BCUT2D eigenvalue weighted by atomic mass is 79.9. The second-order valence-corrected chi connectivity index (χ2v) is 6.23. The number of nitrogens with zero attached hydrogens (tertiary/aromatic N) is 2. The van der Waals surface area contributed by atoms with Crippen LogP contribution in [0.3, 0.4) is 0 Å². The van der Waals surface area contributed by atoms with Gasteiger partial charge in [-0.15, -0.1) is 0 Å². The van der Waals surface area contributed by atoms with Crippen LogP contribution in [0.4, 0.5) is 5.69 Å². The third kappa shape index (κ3) is 3.51. The van der Waals surface area contributed by atoms with Crippen LogP contribution in [0, 0.1) is 0 Å². The molecule has 3 rings (SSSR count). The SMILES string of the molecule is CN(C)c1ccc(/C=N/NC(=O)c2ccc3c(c2)OCO3)cc1Br. The Morgan fingerprint density at radius 1 is 1.21 bits per heavy atom. The lowest BCUT2D eigenvalue weighted by Gasteiger charge is -2.14. The topological polar surface area (TPSA) is 63.2 Å². The van der Waals surface area contributed by atoms with Gasteiger partial charge in [0, 0.05) is 24.1 Å². The van der Waals surface area contributed by atoms with Crippen molar-refractivity contribution in [1.29, 1.82) is 0 Å². The second kappa shape index (κ2) is 6.92. The molecule has 0 aromatic heterocycles. The van der Waals surface area contributed by atoms with Gasteiger partial charge in [0.15, 0.2) is 11.5 Å². The zero-order valence-electron chi connectivity index (χ0n) is 13.2. The molecule has 0 saturated heterocycles. The summed E-state index contributed by atoms with van der Waals surface area (Å²) in [6.45, 7) is 0.177. The highest BCUT2D eigenvalue weighted by molar-refractivity contribution is 9.10. The molecule has 0 saturated carbocycles. The van der Waals surface area contributed by atoms with E-state index >= 15 is 0 Å². The molecule has 2 aromatic rings. The number of carbonyl (C=O) groups is 1. The van der Waals surface area contributed by atoms with Gasteiger partial charge < -0.3 is 14.4 Å². The molecule has 0 radical (unpaired) electrons. The number of amides is 1. The fourth-order valence-corrected chi connectivity index (χ4v) is 2.99. The molecule has 1 N–H and O–H groups in total. The Kier molecular flexibility index (Phi) is 4.71. The van der Waals surface area contributed by atoms with Gasteiger partial charge >= 0.3 is 0 Å². The van der Waals surface area contributed by atoms with Gasteiger partial charge in [-0.2, -0.15) is 5.10 Å². The van der Waals surface area contributed by atoms with Crippen LogP contribution in [0.25, 0.3) is 0 Å². The van der Waals surface area contributed by atoms with Crippen LogP contribution in [-0.2, 0) is 0 Å². The summed E-state index contributed by atoms with van der Waals surface area (Å²) in [7, 11) is 3.94. The number of hydrogen-bond acceptors (Lipinski definition) is 5. The lowest BCUT2D eigenvalue weighted by Crippen LogP contribution is -2.17. The quantitative estimate of drug-likeness (QED) is 0.644. The molecule has 2 aromatic carbocycles. The molecule has 0 fully saturated rings. The first-order chi connectivity index (χ1) is 11.5. The summed E-state index contributed by atoms with van der Waals surface area (Å²) in [5.74, 6) is 0.893. The van der Waals surface area contributed by atoms with Gasteiger partial charge in [-0.25, -0.2) is 5.43 Å². The fourth-order valence-electron chi connectivity index (χ4n) is 2.23. The van der Waals surface area contributed by atoms with Gasteiger partial charge in [0.2, 0.25) is 6.79 Å². The van der Waals surface area contributed by atoms with Crippen molar-refractivity contribution < 1.29 is 14.3 Å². The Bertz CT molecular complexity index is 806. The van der Waals surface area contributed by atoms with Crippen molar-refractivity contribution in [3.8, 4) is 11.5 Å². The van der Waals surface area contributed by atoms with Crippen molar-refractivity contribution >= 4 is 33.7 Å². The minimum absolute atomic E-state index is 0.177. The van der Waals surface area contributed by atoms with E-state index in [-0.39, 0.29) is 12.7 Å². The molecule has 1 heterocycles. The third-order valence-electron chi connectivity index (χ3n) is 3.47. The Balaban J connectivity index is 1.65. The zero-order valence-corrected chi connectivity index (χ0v) is 14.8. The lowest BCUT2D eigenvalue weighted by atomic mass is 10.2. The van der Waals surface area contributed by atoms with E-state index < -0.39 is 0 Å². The average Bonchev–Trinajstić information content (AvgIpc) is 3.02. The highest BCUT2D eigenvalue weighted by Crippen LogP contribution is 2.32. The maximum Gasteiger partial charge on any atom is 0.271 e. The molecule has 0 aliphatic carbocycles. The number of nitrogens with one attached hydrogen (secondary N) is 1. The van der Waals surface area contributed by atoms with Crippen molar-refractivity contribution in [2.24, 2.45) is 5.10 Å². The van der Waals surface area contributed by atoms with Gasteiger partial charge in [-0.3, -0.25) is 4.79 Å². The molecule has 6 nitrogen and oxygen atoms in total. The summed E-state index contributed by atoms with van der Waals surface area (Å²) in [5.41, 5.74) is 4.90. The number of hydrazone groups is 1. The smallest absolute Gasteiger partial charge is 0.271 e. The van der Waals surface area contributed by atoms with Crippen LogP contribution in [-0.4, -0.2) is 33.0 Å². The number of fused-ring (bicyclic) bond motifs is 1. The van der Waals surface area contributed by atoms with E-state index in [0.717, 1.165) is 15.7 Å². The Hall–Kier alpha value is -2.54. The first kappa shape index (κ1) is 16.3. The van der Waals surface area contributed by atoms with Crippen LogP contribution in [0.15, 0.2) is 46.0 Å². The number of ether oxygens (including phenoxy) is 2. The molecule has 0 unspecified atom stereocenters. The van der Waals surface area contributed by atoms with E-state index in [1.165, 1.54) is 0 Å². The molecule has 124 valence electrons. The summed E-state index contributed by atoms with van der Waals surface area (Å²) in [5, 5.41) is 4.00. The molecule has 0 bridgehead atoms. The van der Waals surface area contributed by atoms with Crippen molar-refractivity contribution in [3.63, 3.8) is 0 Å². The minimum Gasteiger partial charge on any atom is -0.454 e. The number of hydrogen-bond donors (Lipinski definition) is 1. The Labute approximate surface area is 148 Å². The number of carbonyl (C=O) groups excluding carboxylic acids is 1. The lowest BCUT2D eigenvalue weighted by molar-refractivity contribution is 0.0954. The molecule has 7 heteroatoms. The van der Waals surface area contributed by atoms with Crippen LogP contribution >= 0.6 is 15.9 Å². The first-order valence-electron chi connectivity index (χ1n) is 7.24. The van der Waals surface area contributed by atoms with Crippen LogP contribution in [0.1, 0.15) is 15.9 Å². The van der Waals surface area contributed by atoms with Gasteiger partial charge in [0.25, 0.3) is 5.91 Å². The molecule has 24 heavy (non-hydrogen) atoms. The molecule has 1 aliphatic heterocycles. The number of halogens is 1. The van der Waals surface area contributed by atoms with E-state index in [9.17, 15) is 4.79 Å². The summed E-state index contributed by atoms with van der Waals surface area (Å²) >= 11 is 3.52. The van der Waals surface area contributed by atoms with Gasteiger partial charge in [0.1, 0.15) is 0 Å². The van der Waals surface area contributed by atoms with Crippen molar-refractivity contribution in [1.82, 2.24) is 5.43 Å². The van der Waals surface area contributed by atoms with Crippen molar-refractivity contribution in [2.45, 2.75) is 0 Å². The summed E-state index contributed by atoms with van der Waals surface area (Å²) < 4.78 is 11.4. The number of benzene rings is 2. The molecular formula is C17H16BrN3O3. The Morgan fingerprint density at radius 3 is 2.75 bits per heavy atom. The summed E-state index contributed by atoms with van der Waals surface area (Å²) in [6, 6.07) is 10.8. The first-order valence-corrected chi connectivity index (χ1v) is 8.04. The second-order valence-electron chi connectivity index (χ2n) is 5.37. The predicted octanol–water partition coefficient (Wildman–Crippen LogP) is 3.01. The number of anilines is 1. The molecule has 1 amide bonds. The molecule has 0 spiro atoms. The molecular weight excluding hydrogens is 374 g/mol. The van der Waals surface area contributed by atoms with E-state index in [4.69, 9.17) is 9.47 Å². The summed E-state index contributed by atoms with van der Waals surface area (Å²) in [6.07, 6.45) is 1.59. The maximum absolute atomic E-state index is 12.1. The van der Waals surface area contributed by atoms with Gasteiger partial charge in [-0.05, 0) is 51.8 Å². The van der Waals surface area contributed by atoms with Crippen molar-refractivity contribution in [2.75, 3.05) is 25.8 Å². The average molecular weight is 390 g/mol. The monoisotopic (exact) mass is 389 g/mol. The minimum atomic E-state index is -0.312. The molecule has 0 atom stereocenters. The van der Waals surface area contributed by atoms with Crippen LogP contribution in [0.5, 0.6) is 11.5 Å². The van der Waals surface area contributed by atoms with E-state index in [1.54, 1.807) is 24.4 Å². The van der Waals surface area contributed by atoms with Gasteiger partial charge in [-0.1, -0.05) is 6.07 Å². The van der Waals surface area contributed by atoms with Crippen LogP contribution < -0.4 is 19.8 Å². The van der Waals surface area contributed by atoms with E-state index in [2.05, 4.69) is 26.5 Å². The zero-order chi connectivity index (χ0) is 17.1. The van der Waals surface area contributed by atoms with E-state index in [0.29, 0.717) is 17.1 Å². The number of rotatable bonds is 4.